The number of nitrogens with two attached hydrogens (primary N) is 1. The Morgan fingerprint density at radius 1 is 1.38 bits per heavy atom. The Hall–Kier alpha value is -0.120. The largest absolute Gasteiger partial charge is 0.376 e. The van der Waals surface area contributed by atoms with Gasteiger partial charge in [0.1, 0.15) is 0 Å². The zero-order valence-electron chi connectivity index (χ0n) is 11.1. The van der Waals surface area contributed by atoms with Crippen molar-refractivity contribution in [1.29, 1.82) is 0 Å². The maximum atomic E-state index is 5.75. The van der Waals surface area contributed by atoms with Crippen LogP contribution in [0.4, 0.5) is 0 Å². The smallest absolute Gasteiger partial charge is 0.0674 e. The molecular weight excluding hydrogens is 200 g/mol. The third kappa shape index (κ3) is 5.83. The second-order valence-corrected chi connectivity index (χ2v) is 5.45. The fraction of sp³-hybridized carbons (Fsp3) is 1.00. The maximum Gasteiger partial charge on any atom is 0.0674 e. The number of hydrogen-bond donors (Lipinski definition) is 1. The molecule has 0 aliphatic carbocycles. The Labute approximate surface area is 100 Å². The molecule has 2 N–H and O–H groups in total. The molecule has 0 bridgehead atoms. The van der Waals surface area contributed by atoms with Crippen molar-refractivity contribution in [2.45, 2.75) is 52.2 Å². The molecule has 0 aromatic carbocycles. The van der Waals surface area contributed by atoms with Crippen LogP contribution in [0.15, 0.2) is 0 Å². The Morgan fingerprint density at radius 3 is 2.75 bits per heavy atom. The van der Waals surface area contributed by atoms with Gasteiger partial charge in [0.25, 0.3) is 0 Å². The van der Waals surface area contributed by atoms with E-state index in [2.05, 4.69) is 25.7 Å². The van der Waals surface area contributed by atoms with Gasteiger partial charge in [-0.2, -0.15) is 0 Å². The van der Waals surface area contributed by atoms with E-state index in [-0.39, 0.29) is 0 Å². The average molecular weight is 228 g/mol. The van der Waals surface area contributed by atoms with E-state index in [1.54, 1.807) is 0 Å². The first kappa shape index (κ1) is 13.9. The molecule has 3 atom stereocenters. The summed E-state index contributed by atoms with van der Waals surface area (Å²) in [6.07, 6.45) is 4.13. The summed E-state index contributed by atoms with van der Waals surface area (Å²) in [5.41, 5.74) is 5.75. The van der Waals surface area contributed by atoms with Gasteiger partial charge in [-0.1, -0.05) is 13.3 Å². The molecule has 0 saturated carbocycles. The molecule has 0 aromatic heterocycles. The minimum absolute atomic E-state index is 0.357. The fourth-order valence-electron chi connectivity index (χ4n) is 2.38. The first-order valence-electron chi connectivity index (χ1n) is 6.67. The number of rotatable bonds is 6. The van der Waals surface area contributed by atoms with Crippen LogP contribution in [0, 0.1) is 5.92 Å². The summed E-state index contributed by atoms with van der Waals surface area (Å²) in [5.74, 6) is 0.782. The van der Waals surface area contributed by atoms with Gasteiger partial charge in [0.15, 0.2) is 0 Å². The van der Waals surface area contributed by atoms with Gasteiger partial charge < -0.3 is 10.5 Å². The van der Waals surface area contributed by atoms with Gasteiger partial charge in [-0.05, 0) is 32.6 Å². The van der Waals surface area contributed by atoms with Crippen molar-refractivity contribution in [3.8, 4) is 0 Å². The van der Waals surface area contributed by atoms with Crippen molar-refractivity contribution in [2.24, 2.45) is 11.7 Å². The van der Waals surface area contributed by atoms with Crippen LogP contribution in [0.5, 0.6) is 0 Å². The molecule has 1 aliphatic rings. The summed E-state index contributed by atoms with van der Waals surface area (Å²) in [5, 5.41) is 0. The first-order valence-corrected chi connectivity index (χ1v) is 6.67. The van der Waals surface area contributed by atoms with Crippen molar-refractivity contribution in [3.05, 3.63) is 0 Å². The van der Waals surface area contributed by atoms with Crippen LogP contribution < -0.4 is 5.73 Å². The lowest BCUT2D eigenvalue weighted by atomic mass is 10.0. The summed E-state index contributed by atoms with van der Waals surface area (Å²) >= 11 is 0. The molecule has 0 spiro atoms. The van der Waals surface area contributed by atoms with Crippen molar-refractivity contribution in [3.63, 3.8) is 0 Å². The average Bonchev–Trinajstić information content (AvgIpc) is 2.16. The summed E-state index contributed by atoms with van der Waals surface area (Å²) < 4.78 is 5.54. The Bertz CT molecular complexity index is 185. The molecule has 1 heterocycles. The predicted molar refractivity (Wildman–Crippen MR) is 68.5 cm³/mol. The number of nitrogens with zero attached hydrogens (tertiary/aromatic N) is 1. The highest BCUT2D eigenvalue weighted by molar-refractivity contribution is 4.70. The van der Waals surface area contributed by atoms with Crippen molar-refractivity contribution < 1.29 is 4.74 Å². The van der Waals surface area contributed by atoms with E-state index in [0.717, 1.165) is 32.0 Å². The minimum Gasteiger partial charge on any atom is -0.376 e. The van der Waals surface area contributed by atoms with Crippen molar-refractivity contribution in [2.75, 3.05) is 26.2 Å². The molecular formula is C13H28N2O. The van der Waals surface area contributed by atoms with E-state index in [4.69, 9.17) is 10.5 Å². The second-order valence-electron chi connectivity index (χ2n) is 5.45. The zero-order valence-corrected chi connectivity index (χ0v) is 11.1. The third-order valence-electron chi connectivity index (χ3n) is 3.25. The van der Waals surface area contributed by atoms with Crippen LogP contribution in [-0.2, 0) is 4.74 Å². The number of hydrogen-bond acceptors (Lipinski definition) is 3. The molecule has 3 heteroatoms. The fourth-order valence-corrected chi connectivity index (χ4v) is 2.38. The summed E-state index contributed by atoms with van der Waals surface area (Å²) in [4.78, 5) is 2.53. The summed E-state index contributed by atoms with van der Waals surface area (Å²) in [6.45, 7) is 10.9. The lowest BCUT2D eigenvalue weighted by Crippen LogP contribution is -2.42. The lowest BCUT2D eigenvalue weighted by Gasteiger charge is -2.32. The Kier molecular flexibility index (Phi) is 6.32. The number of morpholine rings is 1. The highest BCUT2D eigenvalue weighted by atomic mass is 16.5. The normalized spacial score (nSPS) is 26.6. The molecule has 3 nitrogen and oxygen atoms in total. The quantitative estimate of drug-likeness (QED) is 0.754. The van der Waals surface area contributed by atoms with Crippen LogP contribution in [0.2, 0.25) is 0 Å². The lowest BCUT2D eigenvalue weighted by molar-refractivity contribution is -0.0227. The number of ether oxygens (including phenoxy) is 1. The molecule has 1 rings (SSSR count). The Morgan fingerprint density at radius 2 is 2.12 bits per heavy atom. The molecule has 1 saturated heterocycles. The zero-order chi connectivity index (χ0) is 12.0. The predicted octanol–water partition coefficient (Wildman–Crippen LogP) is 1.86. The molecule has 0 radical (unpaired) electrons. The standard InChI is InChI=1S/C13H28N2O/c1-11(5-4-6-12(2)14)9-15-7-8-16-13(3)10-15/h11-13H,4-10,14H2,1-3H3. The minimum atomic E-state index is 0.357. The highest BCUT2D eigenvalue weighted by Gasteiger charge is 2.18. The van der Waals surface area contributed by atoms with Crippen LogP contribution in [-0.4, -0.2) is 43.3 Å². The summed E-state index contributed by atoms with van der Waals surface area (Å²) in [6, 6.07) is 0.357. The Balaban J connectivity index is 2.10. The molecule has 0 aromatic rings. The summed E-state index contributed by atoms with van der Waals surface area (Å²) in [7, 11) is 0. The van der Waals surface area contributed by atoms with E-state index in [0.29, 0.717) is 12.1 Å². The van der Waals surface area contributed by atoms with Crippen LogP contribution in [0.25, 0.3) is 0 Å². The van der Waals surface area contributed by atoms with Crippen molar-refractivity contribution >= 4 is 0 Å². The molecule has 1 fully saturated rings. The molecule has 3 unspecified atom stereocenters. The molecule has 16 heavy (non-hydrogen) atoms. The van der Waals surface area contributed by atoms with E-state index >= 15 is 0 Å². The highest BCUT2D eigenvalue weighted by Crippen LogP contribution is 2.13. The van der Waals surface area contributed by atoms with Gasteiger partial charge in [0, 0.05) is 25.7 Å². The van der Waals surface area contributed by atoms with Gasteiger partial charge in [-0.25, -0.2) is 0 Å². The van der Waals surface area contributed by atoms with Gasteiger partial charge in [0.2, 0.25) is 0 Å². The molecule has 1 aliphatic heterocycles. The SMILES string of the molecule is CC(N)CCCC(C)CN1CCOC(C)C1. The molecule has 0 amide bonds. The van der Waals surface area contributed by atoms with Crippen molar-refractivity contribution in [1.82, 2.24) is 4.90 Å². The topological polar surface area (TPSA) is 38.5 Å². The van der Waals surface area contributed by atoms with E-state index in [9.17, 15) is 0 Å². The van der Waals surface area contributed by atoms with Crippen LogP contribution in [0.3, 0.4) is 0 Å². The maximum absolute atomic E-state index is 5.75. The van der Waals surface area contributed by atoms with Gasteiger partial charge >= 0.3 is 0 Å². The van der Waals surface area contributed by atoms with E-state index in [1.807, 2.05) is 0 Å². The second kappa shape index (κ2) is 7.25. The van der Waals surface area contributed by atoms with Gasteiger partial charge in [-0.3, -0.25) is 4.90 Å². The monoisotopic (exact) mass is 228 g/mol. The third-order valence-corrected chi connectivity index (χ3v) is 3.25. The van der Waals surface area contributed by atoms with Crippen LogP contribution in [0.1, 0.15) is 40.0 Å². The molecule has 96 valence electrons. The van der Waals surface area contributed by atoms with Crippen LogP contribution >= 0.6 is 0 Å². The van der Waals surface area contributed by atoms with Gasteiger partial charge in [-0.15, -0.1) is 0 Å². The first-order chi connectivity index (χ1) is 7.58. The van der Waals surface area contributed by atoms with E-state index in [1.165, 1.54) is 19.4 Å². The van der Waals surface area contributed by atoms with Gasteiger partial charge in [0.05, 0.1) is 12.7 Å². The van der Waals surface area contributed by atoms with E-state index < -0.39 is 0 Å².